The van der Waals surface area contributed by atoms with Crippen molar-refractivity contribution in [2.45, 2.75) is 104 Å². The summed E-state index contributed by atoms with van der Waals surface area (Å²) in [5.41, 5.74) is 0.806. The number of hydrogen-bond donors (Lipinski definition) is 0. The molecule has 0 aliphatic carbocycles. The zero-order valence-corrected chi connectivity index (χ0v) is 17.0. The van der Waals surface area contributed by atoms with Gasteiger partial charge in [0.15, 0.2) is 0 Å². The molecule has 0 N–H and O–H groups in total. The summed E-state index contributed by atoms with van der Waals surface area (Å²) in [6.07, 6.45) is 17.9. The fraction of sp³-hybridized carbons (Fsp3) is 0.739. The van der Waals surface area contributed by atoms with E-state index in [0.717, 1.165) is 24.5 Å². The van der Waals surface area contributed by atoms with Gasteiger partial charge in [0.25, 0.3) is 0 Å². The molecule has 1 rings (SSSR count). The Bertz CT molecular complexity index is 447. The van der Waals surface area contributed by atoms with Crippen LogP contribution in [0, 0.1) is 5.92 Å². The van der Waals surface area contributed by atoms with Crippen molar-refractivity contribution in [3.63, 3.8) is 0 Å². The Hall–Kier alpha value is -1.38. The van der Waals surface area contributed by atoms with Gasteiger partial charge in [-0.15, -0.1) is 0 Å². The van der Waals surface area contributed by atoms with Gasteiger partial charge in [-0.1, -0.05) is 90.5 Å². The number of nitrogens with zero attached hydrogens (tertiary/aromatic N) is 1. The third-order valence-electron chi connectivity index (χ3n) is 5.13. The number of hydrogen-bond acceptors (Lipinski definition) is 3. The number of rotatable bonds is 16. The smallest absolute Gasteiger partial charge is 0.306 e. The number of unbranched alkanes of at least 4 members (excludes halogenated alkanes) is 9. The minimum absolute atomic E-state index is 0.104. The third kappa shape index (κ3) is 12.9. The Morgan fingerprint density at radius 1 is 0.962 bits per heavy atom. The molecule has 0 aliphatic heterocycles. The first-order valence-corrected chi connectivity index (χ1v) is 10.8. The molecule has 0 aromatic carbocycles. The zero-order valence-electron chi connectivity index (χ0n) is 17.0. The van der Waals surface area contributed by atoms with E-state index in [4.69, 9.17) is 4.74 Å². The largest absolute Gasteiger partial charge is 0.459 e. The lowest BCUT2D eigenvalue weighted by molar-refractivity contribution is -0.145. The average Bonchev–Trinajstić information content (AvgIpc) is 2.67. The van der Waals surface area contributed by atoms with E-state index >= 15 is 0 Å². The van der Waals surface area contributed by atoms with Gasteiger partial charge in [-0.3, -0.25) is 9.78 Å². The van der Waals surface area contributed by atoms with Crippen molar-refractivity contribution >= 4 is 5.97 Å². The van der Waals surface area contributed by atoms with Crippen LogP contribution in [0.2, 0.25) is 0 Å². The Morgan fingerprint density at radius 3 is 2.15 bits per heavy atom. The number of carbonyl (C=O) groups is 1. The van der Waals surface area contributed by atoms with Crippen molar-refractivity contribution in [2.75, 3.05) is 0 Å². The van der Waals surface area contributed by atoms with Crippen molar-refractivity contribution in [2.24, 2.45) is 5.92 Å². The van der Waals surface area contributed by atoms with Gasteiger partial charge >= 0.3 is 5.97 Å². The second-order valence-corrected chi connectivity index (χ2v) is 7.57. The summed E-state index contributed by atoms with van der Waals surface area (Å²) in [5, 5.41) is 0. The molecule has 0 spiro atoms. The van der Waals surface area contributed by atoms with Crippen molar-refractivity contribution in [1.29, 1.82) is 0 Å². The zero-order chi connectivity index (χ0) is 18.9. The van der Waals surface area contributed by atoms with E-state index in [1.165, 1.54) is 64.2 Å². The van der Waals surface area contributed by atoms with Crippen LogP contribution in [0.5, 0.6) is 0 Å². The van der Waals surface area contributed by atoms with Crippen LogP contribution in [0.4, 0.5) is 0 Å². The van der Waals surface area contributed by atoms with E-state index in [1.54, 1.807) is 6.20 Å². The summed E-state index contributed by atoms with van der Waals surface area (Å²) in [4.78, 5) is 15.8. The fourth-order valence-electron chi connectivity index (χ4n) is 3.09. The van der Waals surface area contributed by atoms with Gasteiger partial charge in [0.2, 0.25) is 0 Å². The van der Waals surface area contributed by atoms with E-state index in [-0.39, 0.29) is 12.6 Å². The molecule has 1 aromatic rings. The molecule has 0 aliphatic rings. The highest BCUT2D eigenvalue weighted by molar-refractivity contribution is 5.69. The number of carbonyl (C=O) groups excluding carboxylic acids is 1. The Labute approximate surface area is 160 Å². The Balaban J connectivity index is 1.81. The molecule has 1 heterocycles. The quantitative estimate of drug-likeness (QED) is 0.239. The average molecular weight is 362 g/mol. The molecule has 0 fully saturated rings. The van der Waals surface area contributed by atoms with Gasteiger partial charge in [0.1, 0.15) is 6.61 Å². The predicted octanol–water partition coefficient (Wildman–Crippen LogP) is 6.85. The minimum atomic E-state index is -0.104. The molecule has 3 nitrogen and oxygen atoms in total. The molecule has 0 amide bonds. The molecule has 1 atom stereocenters. The van der Waals surface area contributed by atoms with E-state index in [1.807, 2.05) is 18.2 Å². The lowest BCUT2D eigenvalue weighted by atomic mass is 9.99. The van der Waals surface area contributed by atoms with E-state index in [2.05, 4.69) is 18.8 Å². The summed E-state index contributed by atoms with van der Waals surface area (Å²) in [6.45, 7) is 4.94. The van der Waals surface area contributed by atoms with Crippen LogP contribution in [0.1, 0.15) is 103 Å². The molecular weight excluding hydrogens is 322 g/mol. The van der Waals surface area contributed by atoms with Crippen molar-refractivity contribution < 1.29 is 9.53 Å². The van der Waals surface area contributed by atoms with E-state index in [0.29, 0.717) is 6.42 Å². The van der Waals surface area contributed by atoms with Crippen LogP contribution >= 0.6 is 0 Å². The molecule has 1 aromatic heterocycles. The lowest BCUT2D eigenvalue weighted by Crippen LogP contribution is -2.05. The van der Waals surface area contributed by atoms with Gasteiger partial charge in [-0.25, -0.2) is 0 Å². The molecule has 1 unspecified atom stereocenters. The second-order valence-electron chi connectivity index (χ2n) is 7.57. The van der Waals surface area contributed by atoms with Gasteiger partial charge < -0.3 is 4.74 Å². The maximum absolute atomic E-state index is 11.7. The van der Waals surface area contributed by atoms with E-state index < -0.39 is 0 Å². The molecule has 3 heteroatoms. The topological polar surface area (TPSA) is 39.2 Å². The SMILES string of the molecule is CCC(C)CCCCCCCCCCCCC(=O)OCc1ccccn1. The molecule has 26 heavy (non-hydrogen) atoms. The van der Waals surface area contributed by atoms with Crippen LogP contribution in [-0.4, -0.2) is 11.0 Å². The van der Waals surface area contributed by atoms with Crippen LogP contribution in [0.3, 0.4) is 0 Å². The van der Waals surface area contributed by atoms with Crippen LogP contribution < -0.4 is 0 Å². The van der Waals surface area contributed by atoms with Gasteiger partial charge in [0, 0.05) is 12.6 Å². The normalized spacial score (nSPS) is 12.1. The van der Waals surface area contributed by atoms with Crippen molar-refractivity contribution in [3.8, 4) is 0 Å². The lowest BCUT2D eigenvalue weighted by Gasteiger charge is -2.07. The first-order chi connectivity index (χ1) is 12.7. The number of aromatic nitrogens is 1. The first kappa shape index (κ1) is 22.7. The maximum atomic E-state index is 11.7. The molecular formula is C23H39NO2. The van der Waals surface area contributed by atoms with Crippen LogP contribution in [-0.2, 0) is 16.1 Å². The molecule has 0 bridgehead atoms. The summed E-state index contributed by atoms with van der Waals surface area (Å²) in [7, 11) is 0. The highest BCUT2D eigenvalue weighted by Gasteiger charge is 2.03. The van der Waals surface area contributed by atoms with E-state index in [9.17, 15) is 4.79 Å². The monoisotopic (exact) mass is 361 g/mol. The predicted molar refractivity (Wildman–Crippen MR) is 109 cm³/mol. The van der Waals surface area contributed by atoms with Crippen molar-refractivity contribution in [1.82, 2.24) is 4.98 Å². The molecule has 0 radical (unpaired) electrons. The standard InChI is InChI=1S/C23H39NO2/c1-3-21(2)16-12-10-8-6-4-5-7-9-11-13-18-23(25)26-20-22-17-14-15-19-24-22/h14-15,17,19,21H,3-13,16,18,20H2,1-2H3. The van der Waals surface area contributed by atoms with Crippen LogP contribution in [0.25, 0.3) is 0 Å². The minimum Gasteiger partial charge on any atom is -0.459 e. The summed E-state index contributed by atoms with van der Waals surface area (Å²) < 4.78 is 5.24. The Morgan fingerprint density at radius 2 is 1.58 bits per heavy atom. The Kier molecular flexibility index (Phi) is 13.8. The van der Waals surface area contributed by atoms with Gasteiger partial charge in [-0.05, 0) is 24.5 Å². The highest BCUT2D eigenvalue weighted by Crippen LogP contribution is 2.15. The molecule has 0 saturated carbocycles. The number of pyridine rings is 1. The summed E-state index contributed by atoms with van der Waals surface area (Å²) >= 11 is 0. The second kappa shape index (κ2) is 15.8. The maximum Gasteiger partial charge on any atom is 0.306 e. The summed E-state index contributed by atoms with van der Waals surface area (Å²) in [6, 6.07) is 5.64. The van der Waals surface area contributed by atoms with Crippen LogP contribution in [0.15, 0.2) is 24.4 Å². The number of esters is 1. The van der Waals surface area contributed by atoms with Gasteiger partial charge in [0.05, 0.1) is 5.69 Å². The first-order valence-electron chi connectivity index (χ1n) is 10.8. The highest BCUT2D eigenvalue weighted by atomic mass is 16.5. The summed E-state index contributed by atoms with van der Waals surface area (Å²) in [5.74, 6) is 0.801. The number of ether oxygens (including phenoxy) is 1. The fourth-order valence-corrected chi connectivity index (χ4v) is 3.09. The molecule has 0 saturated heterocycles. The van der Waals surface area contributed by atoms with Crippen molar-refractivity contribution in [3.05, 3.63) is 30.1 Å². The molecule has 148 valence electrons. The third-order valence-corrected chi connectivity index (χ3v) is 5.13. The van der Waals surface area contributed by atoms with Gasteiger partial charge in [-0.2, -0.15) is 0 Å².